The summed E-state index contributed by atoms with van der Waals surface area (Å²) in [7, 11) is 0. The molecule has 1 aromatic heterocycles. The summed E-state index contributed by atoms with van der Waals surface area (Å²) < 4.78 is 0. The van der Waals surface area contributed by atoms with Crippen molar-refractivity contribution in [3.63, 3.8) is 0 Å². The molecule has 1 aliphatic heterocycles. The van der Waals surface area contributed by atoms with Crippen molar-refractivity contribution in [2.24, 2.45) is 0 Å². The number of fused-ring (bicyclic) bond motifs is 3. The van der Waals surface area contributed by atoms with Crippen LogP contribution in [-0.4, -0.2) is 33.8 Å². The summed E-state index contributed by atoms with van der Waals surface area (Å²) in [5.41, 5.74) is 3.93. The molecule has 2 amide bonds. The summed E-state index contributed by atoms with van der Waals surface area (Å²) in [6.07, 6.45) is 1.52. The largest absolute Gasteiger partial charge is 0.381 e. The fourth-order valence-electron chi connectivity index (χ4n) is 4.65. The number of nitrogens with one attached hydrogen (secondary N) is 1. The lowest BCUT2D eigenvalue weighted by Gasteiger charge is -2.28. The van der Waals surface area contributed by atoms with Crippen LogP contribution in [0, 0.1) is 0 Å². The van der Waals surface area contributed by atoms with E-state index in [1.807, 2.05) is 43.3 Å². The number of carbonyl (C=O) groups excluding carboxylic acids is 2. The number of rotatable bonds is 6. The van der Waals surface area contributed by atoms with Gasteiger partial charge in [-0.2, -0.15) is 0 Å². The Morgan fingerprint density at radius 2 is 1.31 bits per heavy atom. The van der Waals surface area contributed by atoms with Gasteiger partial charge in [-0.05, 0) is 44.0 Å². The maximum Gasteiger partial charge on any atom is 0.261 e. The van der Waals surface area contributed by atoms with E-state index in [-0.39, 0.29) is 23.9 Å². The Bertz CT molecular complexity index is 1260. The molecular formula is C27H25N3O2. The smallest absolute Gasteiger partial charge is 0.261 e. The molecule has 1 aliphatic rings. The lowest BCUT2D eigenvalue weighted by molar-refractivity contribution is 0.0586. The molecule has 0 fully saturated rings. The van der Waals surface area contributed by atoms with Crippen LogP contribution in [0.15, 0.2) is 72.8 Å². The molecule has 0 radical (unpaired) electrons. The second-order valence-corrected chi connectivity index (χ2v) is 8.38. The molecule has 2 heterocycles. The Morgan fingerprint density at radius 1 is 0.812 bits per heavy atom. The molecule has 5 rings (SSSR count). The van der Waals surface area contributed by atoms with Crippen molar-refractivity contribution in [2.75, 3.05) is 5.32 Å². The third-order valence-corrected chi connectivity index (χ3v) is 6.32. The van der Waals surface area contributed by atoms with Gasteiger partial charge in [-0.15, -0.1) is 0 Å². The highest BCUT2D eigenvalue weighted by molar-refractivity contribution is 6.21. The summed E-state index contributed by atoms with van der Waals surface area (Å²) >= 11 is 0. The predicted molar refractivity (Wildman–Crippen MR) is 128 cm³/mol. The van der Waals surface area contributed by atoms with Gasteiger partial charge in [0.15, 0.2) is 0 Å². The molecule has 2 atom stereocenters. The number of carbonyl (C=O) groups is 2. The van der Waals surface area contributed by atoms with Gasteiger partial charge in [-0.25, -0.2) is 4.98 Å². The van der Waals surface area contributed by atoms with Crippen molar-refractivity contribution >= 4 is 39.3 Å². The first-order valence-electron chi connectivity index (χ1n) is 11.1. The van der Waals surface area contributed by atoms with Gasteiger partial charge < -0.3 is 5.32 Å². The van der Waals surface area contributed by atoms with E-state index in [0.717, 1.165) is 33.9 Å². The van der Waals surface area contributed by atoms with Crippen molar-refractivity contribution in [3.05, 3.63) is 83.9 Å². The summed E-state index contributed by atoms with van der Waals surface area (Å²) in [5, 5.41) is 5.87. The van der Waals surface area contributed by atoms with Gasteiger partial charge in [0.05, 0.1) is 27.8 Å². The highest BCUT2D eigenvalue weighted by atomic mass is 16.2. The Morgan fingerprint density at radius 3 is 1.84 bits per heavy atom. The highest BCUT2D eigenvalue weighted by Gasteiger charge is 2.38. The zero-order chi connectivity index (χ0) is 22.2. The third-order valence-electron chi connectivity index (χ3n) is 6.32. The number of hydrogen-bond acceptors (Lipinski definition) is 4. The number of imide groups is 1. The third kappa shape index (κ3) is 3.30. The van der Waals surface area contributed by atoms with Gasteiger partial charge >= 0.3 is 0 Å². The fraction of sp³-hybridized carbons (Fsp3) is 0.222. The number of benzene rings is 3. The Labute approximate surface area is 187 Å². The number of aromatic nitrogens is 1. The lowest BCUT2D eigenvalue weighted by Crippen LogP contribution is -2.41. The fourth-order valence-corrected chi connectivity index (χ4v) is 4.65. The minimum atomic E-state index is -0.223. The van der Waals surface area contributed by atoms with Gasteiger partial charge in [0.25, 0.3) is 11.8 Å². The first-order chi connectivity index (χ1) is 15.6. The van der Waals surface area contributed by atoms with Gasteiger partial charge in [0.2, 0.25) is 0 Å². The zero-order valence-electron chi connectivity index (χ0n) is 18.2. The molecule has 0 saturated carbocycles. The van der Waals surface area contributed by atoms with E-state index in [0.29, 0.717) is 17.5 Å². The van der Waals surface area contributed by atoms with Crippen LogP contribution >= 0.6 is 0 Å². The topological polar surface area (TPSA) is 62.3 Å². The molecule has 5 nitrogen and oxygen atoms in total. The van der Waals surface area contributed by atoms with E-state index in [1.54, 1.807) is 24.3 Å². The van der Waals surface area contributed by atoms with Crippen LogP contribution in [-0.2, 0) is 0 Å². The molecule has 4 aromatic rings. The molecule has 0 spiro atoms. The normalized spacial score (nSPS) is 15.2. The van der Waals surface area contributed by atoms with Gasteiger partial charge in [-0.3, -0.25) is 14.5 Å². The summed E-state index contributed by atoms with van der Waals surface area (Å²) in [6.45, 7) is 4.08. The summed E-state index contributed by atoms with van der Waals surface area (Å²) in [5.74, 6) is -0.402. The number of nitrogens with zero attached hydrogens (tertiary/aromatic N) is 2. The standard InChI is InChI=1S/C27H25N3O2/c1-3-18(16-17(2)30-26(31)19-10-4-5-11-20(19)27(30)32)28-25-21-12-6-8-14-23(21)29-24-15-9-7-13-22(24)25/h4-15,17-18H,3,16H2,1-2H3,(H,28,29). The van der Waals surface area contributed by atoms with Crippen LogP contribution < -0.4 is 5.32 Å². The van der Waals surface area contributed by atoms with E-state index in [1.165, 1.54) is 4.90 Å². The lowest BCUT2D eigenvalue weighted by atomic mass is 10.0. The van der Waals surface area contributed by atoms with Gasteiger partial charge in [0, 0.05) is 22.9 Å². The zero-order valence-corrected chi connectivity index (χ0v) is 18.2. The molecule has 5 heteroatoms. The summed E-state index contributed by atoms with van der Waals surface area (Å²) in [4.78, 5) is 32.0. The Hall–Kier alpha value is -3.73. The van der Waals surface area contributed by atoms with Crippen LogP contribution in [0.25, 0.3) is 21.8 Å². The molecule has 32 heavy (non-hydrogen) atoms. The second-order valence-electron chi connectivity index (χ2n) is 8.38. The minimum Gasteiger partial charge on any atom is -0.381 e. The van der Waals surface area contributed by atoms with Gasteiger partial charge in [-0.1, -0.05) is 55.5 Å². The number of hydrogen-bond donors (Lipinski definition) is 1. The predicted octanol–water partition coefficient (Wildman–Crippen LogP) is 5.65. The average molecular weight is 424 g/mol. The van der Waals surface area contributed by atoms with Crippen LogP contribution in [0.3, 0.4) is 0 Å². The van der Waals surface area contributed by atoms with E-state index in [2.05, 4.69) is 24.4 Å². The first-order valence-corrected chi connectivity index (χ1v) is 11.1. The van der Waals surface area contributed by atoms with E-state index in [4.69, 9.17) is 4.98 Å². The maximum atomic E-state index is 12.9. The van der Waals surface area contributed by atoms with Crippen LogP contribution in [0.5, 0.6) is 0 Å². The molecule has 0 saturated heterocycles. The van der Waals surface area contributed by atoms with Crippen molar-refractivity contribution in [3.8, 4) is 0 Å². The van der Waals surface area contributed by atoms with E-state index < -0.39 is 0 Å². The van der Waals surface area contributed by atoms with Crippen molar-refractivity contribution in [1.29, 1.82) is 0 Å². The molecule has 0 bridgehead atoms. The first kappa shape index (κ1) is 20.2. The van der Waals surface area contributed by atoms with Crippen molar-refractivity contribution < 1.29 is 9.59 Å². The van der Waals surface area contributed by atoms with Crippen molar-refractivity contribution in [1.82, 2.24) is 9.88 Å². The SMILES string of the molecule is CCC(CC(C)N1C(=O)c2ccccc2C1=O)Nc1c2ccccc2nc2ccccc12. The molecule has 2 unspecified atom stereocenters. The van der Waals surface area contributed by atoms with Gasteiger partial charge in [0.1, 0.15) is 0 Å². The Balaban J connectivity index is 1.45. The number of amides is 2. The Kier molecular flexibility index (Phi) is 5.10. The average Bonchev–Trinajstić information content (AvgIpc) is 3.08. The second kappa shape index (κ2) is 8.08. The highest BCUT2D eigenvalue weighted by Crippen LogP contribution is 2.33. The molecule has 3 aromatic carbocycles. The van der Waals surface area contributed by atoms with Crippen LogP contribution in [0.2, 0.25) is 0 Å². The van der Waals surface area contributed by atoms with E-state index >= 15 is 0 Å². The molecule has 160 valence electrons. The summed E-state index contributed by atoms with van der Waals surface area (Å²) in [6, 6.07) is 23.2. The van der Waals surface area contributed by atoms with Crippen LogP contribution in [0.1, 0.15) is 47.4 Å². The quantitative estimate of drug-likeness (QED) is 0.321. The van der Waals surface area contributed by atoms with Crippen molar-refractivity contribution in [2.45, 2.75) is 38.8 Å². The minimum absolute atomic E-state index is 0.0866. The molecule has 0 aliphatic carbocycles. The molecule has 1 N–H and O–H groups in total. The monoisotopic (exact) mass is 423 g/mol. The van der Waals surface area contributed by atoms with E-state index in [9.17, 15) is 9.59 Å². The number of anilines is 1. The number of para-hydroxylation sites is 2. The number of pyridine rings is 1. The molecular weight excluding hydrogens is 398 g/mol. The van der Waals surface area contributed by atoms with Crippen LogP contribution in [0.4, 0.5) is 5.69 Å². The maximum absolute atomic E-state index is 12.9.